The number of nitrogens with zero attached hydrogens (tertiary/aromatic N) is 1. The van der Waals surface area contributed by atoms with Gasteiger partial charge in [-0.3, -0.25) is 0 Å². The number of nitrogens with one attached hydrogen (secondary N) is 1. The molecule has 0 aliphatic carbocycles. The fraction of sp³-hybridized carbons (Fsp3) is 0.538. The average molecular weight is 250 g/mol. The van der Waals surface area contributed by atoms with Crippen LogP contribution in [-0.4, -0.2) is 50.6 Å². The molecule has 0 amide bonds. The third-order valence-corrected chi connectivity index (χ3v) is 3.26. The second kappa shape index (κ2) is 5.04. The Hall–Kier alpha value is -1.46. The van der Waals surface area contributed by atoms with Crippen LogP contribution in [0.1, 0.15) is 0 Å². The van der Waals surface area contributed by atoms with Crippen LogP contribution in [0.2, 0.25) is 0 Å². The molecule has 1 atom stereocenters. The molecular formula is C13H18N2O3. The van der Waals surface area contributed by atoms with Gasteiger partial charge in [-0.2, -0.15) is 0 Å². The summed E-state index contributed by atoms with van der Waals surface area (Å²) in [5.41, 5.74) is 1.07. The number of ether oxygens (including phenoxy) is 2. The molecule has 5 nitrogen and oxygen atoms in total. The van der Waals surface area contributed by atoms with Gasteiger partial charge in [-0.05, 0) is 12.1 Å². The maximum Gasteiger partial charge on any atom is 0.163 e. The van der Waals surface area contributed by atoms with E-state index in [1.54, 1.807) is 0 Å². The summed E-state index contributed by atoms with van der Waals surface area (Å²) in [6, 6.07) is 5.95. The van der Waals surface area contributed by atoms with Gasteiger partial charge in [0.2, 0.25) is 0 Å². The van der Waals surface area contributed by atoms with Crippen molar-refractivity contribution in [2.75, 3.05) is 44.3 Å². The maximum absolute atomic E-state index is 9.80. The summed E-state index contributed by atoms with van der Waals surface area (Å²) in [5, 5.41) is 13.0. The predicted octanol–water partition coefficient (Wildman–Crippen LogP) is 0.228. The zero-order valence-corrected chi connectivity index (χ0v) is 10.3. The molecule has 18 heavy (non-hydrogen) atoms. The van der Waals surface area contributed by atoms with Crippen LogP contribution in [0.3, 0.4) is 0 Å². The molecule has 1 fully saturated rings. The Labute approximate surface area is 106 Å². The zero-order chi connectivity index (χ0) is 12.4. The number of anilines is 1. The lowest BCUT2D eigenvalue weighted by atomic mass is 10.2. The first-order valence-electron chi connectivity index (χ1n) is 6.36. The van der Waals surface area contributed by atoms with Gasteiger partial charge in [-0.15, -0.1) is 0 Å². The van der Waals surface area contributed by atoms with E-state index in [9.17, 15) is 5.11 Å². The molecule has 1 aromatic carbocycles. The number of hydrogen-bond acceptors (Lipinski definition) is 5. The van der Waals surface area contributed by atoms with Crippen molar-refractivity contribution >= 4 is 5.69 Å². The Bertz CT molecular complexity index is 425. The Kier molecular flexibility index (Phi) is 3.25. The molecule has 0 saturated carbocycles. The molecule has 98 valence electrons. The molecule has 2 aliphatic rings. The predicted molar refractivity (Wildman–Crippen MR) is 68.5 cm³/mol. The third kappa shape index (κ3) is 2.37. The van der Waals surface area contributed by atoms with Crippen molar-refractivity contribution in [2.24, 2.45) is 0 Å². The van der Waals surface area contributed by atoms with Crippen molar-refractivity contribution in [3.05, 3.63) is 18.2 Å². The van der Waals surface area contributed by atoms with Gasteiger partial charge in [-0.1, -0.05) is 0 Å². The number of β-amino-alcohol motifs (C(OH)–C–C–N with tert-alkyl or cyclic N) is 1. The number of rotatable bonds is 1. The second-order valence-corrected chi connectivity index (χ2v) is 4.63. The van der Waals surface area contributed by atoms with Crippen molar-refractivity contribution in [2.45, 2.75) is 6.10 Å². The quantitative estimate of drug-likeness (QED) is 0.747. The SMILES string of the molecule is OC1CNCCN(c2ccc3c(c2)OCCO3)C1. The molecule has 3 rings (SSSR count). The molecule has 0 spiro atoms. The number of benzene rings is 1. The van der Waals surface area contributed by atoms with E-state index in [2.05, 4.69) is 10.2 Å². The molecule has 5 heteroatoms. The Morgan fingerprint density at radius 1 is 1.22 bits per heavy atom. The lowest BCUT2D eigenvalue weighted by molar-refractivity contribution is 0.171. The van der Waals surface area contributed by atoms with Gasteiger partial charge in [0.1, 0.15) is 13.2 Å². The van der Waals surface area contributed by atoms with Gasteiger partial charge >= 0.3 is 0 Å². The maximum atomic E-state index is 9.80. The molecule has 0 radical (unpaired) electrons. The minimum Gasteiger partial charge on any atom is -0.486 e. The van der Waals surface area contributed by atoms with Gasteiger partial charge < -0.3 is 24.8 Å². The lowest BCUT2D eigenvalue weighted by Crippen LogP contribution is -2.32. The Balaban J connectivity index is 1.82. The highest BCUT2D eigenvalue weighted by molar-refractivity contribution is 5.57. The largest absolute Gasteiger partial charge is 0.486 e. The molecule has 2 heterocycles. The molecule has 2 aliphatic heterocycles. The first kappa shape index (κ1) is 11.6. The summed E-state index contributed by atoms with van der Waals surface area (Å²) in [5.74, 6) is 1.60. The summed E-state index contributed by atoms with van der Waals surface area (Å²) >= 11 is 0. The molecule has 2 N–H and O–H groups in total. The highest BCUT2D eigenvalue weighted by Crippen LogP contribution is 2.34. The first-order valence-corrected chi connectivity index (χ1v) is 6.36. The minimum atomic E-state index is -0.333. The van der Waals surface area contributed by atoms with E-state index in [4.69, 9.17) is 9.47 Å². The van der Waals surface area contributed by atoms with Gasteiger partial charge in [0.25, 0.3) is 0 Å². The minimum absolute atomic E-state index is 0.333. The van der Waals surface area contributed by atoms with Crippen LogP contribution in [0.15, 0.2) is 18.2 Å². The zero-order valence-electron chi connectivity index (χ0n) is 10.3. The Morgan fingerprint density at radius 2 is 2.06 bits per heavy atom. The summed E-state index contributed by atoms with van der Waals surface area (Å²) in [4.78, 5) is 2.17. The van der Waals surface area contributed by atoms with Crippen LogP contribution >= 0.6 is 0 Å². The highest BCUT2D eigenvalue weighted by Gasteiger charge is 2.18. The van der Waals surface area contributed by atoms with Crippen molar-refractivity contribution < 1.29 is 14.6 Å². The van der Waals surface area contributed by atoms with Crippen LogP contribution in [0.4, 0.5) is 5.69 Å². The lowest BCUT2D eigenvalue weighted by Gasteiger charge is -2.26. The van der Waals surface area contributed by atoms with Crippen molar-refractivity contribution in [3.63, 3.8) is 0 Å². The molecule has 0 aromatic heterocycles. The van der Waals surface area contributed by atoms with E-state index in [-0.39, 0.29) is 6.10 Å². The van der Waals surface area contributed by atoms with Crippen LogP contribution < -0.4 is 19.7 Å². The van der Waals surface area contributed by atoms with Gasteiger partial charge in [0.05, 0.1) is 6.10 Å². The van der Waals surface area contributed by atoms with E-state index in [0.29, 0.717) is 26.3 Å². The number of hydrogen-bond donors (Lipinski definition) is 2. The first-order chi connectivity index (χ1) is 8.83. The van der Waals surface area contributed by atoms with Crippen molar-refractivity contribution in [3.8, 4) is 11.5 Å². The molecule has 0 bridgehead atoms. The topological polar surface area (TPSA) is 54.0 Å². The summed E-state index contributed by atoms with van der Waals surface area (Å²) in [6.07, 6.45) is -0.333. The number of fused-ring (bicyclic) bond motifs is 1. The monoisotopic (exact) mass is 250 g/mol. The van der Waals surface area contributed by atoms with E-state index >= 15 is 0 Å². The van der Waals surface area contributed by atoms with Crippen molar-refractivity contribution in [1.82, 2.24) is 5.32 Å². The highest BCUT2D eigenvalue weighted by atomic mass is 16.6. The molecule has 1 saturated heterocycles. The summed E-state index contributed by atoms with van der Waals surface area (Å²) in [6.45, 7) is 4.27. The third-order valence-electron chi connectivity index (χ3n) is 3.26. The van der Waals surface area contributed by atoms with E-state index in [1.807, 2.05) is 18.2 Å². The second-order valence-electron chi connectivity index (χ2n) is 4.63. The normalized spacial score (nSPS) is 23.6. The van der Waals surface area contributed by atoms with Crippen LogP contribution in [-0.2, 0) is 0 Å². The van der Waals surface area contributed by atoms with E-state index < -0.39 is 0 Å². The van der Waals surface area contributed by atoms with Crippen LogP contribution in [0.25, 0.3) is 0 Å². The summed E-state index contributed by atoms with van der Waals surface area (Å²) in [7, 11) is 0. The Morgan fingerprint density at radius 3 is 2.94 bits per heavy atom. The molecule has 1 unspecified atom stereocenters. The van der Waals surface area contributed by atoms with E-state index in [0.717, 1.165) is 30.3 Å². The fourth-order valence-corrected chi connectivity index (χ4v) is 2.36. The average Bonchev–Trinajstić information content (AvgIpc) is 2.63. The smallest absolute Gasteiger partial charge is 0.163 e. The van der Waals surface area contributed by atoms with Crippen LogP contribution in [0, 0.1) is 0 Å². The number of aliphatic hydroxyl groups excluding tert-OH is 1. The summed E-state index contributed by atoms with van der Waals surface area (Å²) < 4.78 is 11.1. The van der Waals surface area contributed by atoms with Gasteiger partial charge in [-0.25, -0.2) is 0 Å². The standard InChI is InChI=1S/C13H18N2O3/c16-11-8-14-3-4-15(9-11)10-1-2-12-13(7-10)18-6-5-17-12/h1-2,7,11,14,16H,3-6,8-9H2. The molecular weight excluding hydrogens is 232 g/mol. The van der Waals surface area contributed by atoms with E-state index in [1.165, 1.54) is 0 Å². The van der Waals surface area contributed by atoms with Gasteiger partial charge in [0.15, 0.2) is 11.5 Å². The number of aliphatic hydroxyl groups is 1. The van der Waals surface area contributed by atoms with Gasteiger partial charge in [0, 0.05) is 37.9 Å². The van der Waals surface area contributed by atoms with Crippen LogP contribution in [0.5, 0.6) is 11.5 Å². The fourth-order valence-electron chi connectivity index (χ4n) is 2.36. The van der Waals surface area contributed by atoms with Crippen molar-refractivity contribution in [1.29, 1.82) is 0 Å². The molecule has 1 aromatic rings.